The number of aryl methyl sites for hydroxylation is 2. The molecule has 0 aliphatic rings. The Morgan fingerprint density at radius 2 is 1.93 bits per heavy atom. The molecule has 0 spiro atoms. The molecule has 0 radical (unpaired) electrons. The van der Waals surface area contributed by atoms with Crippen molar-refractivity contribution in [2.24, 2.45) is 0 Å². The third-order valence-electron chi connectivity index (χ3n) is 4.69. The standard InChI is InChI=1S/C22H22N4O3S/c1-13-9-15(5-7-18(13)29-4)11-21(27)24-20-10-14(2)25-26(20)22-23-17-12-16(28-3)6-8-19(17)30-22/h5-10,12H,11H2,1-4H3,(H,24,27). The molecule has 0 bridgehead atoms. The average Bonchev–Trinajstić information content (AvgIpc) is 3.30. The molecule has 2 aromatic heterocycles. The number of carbonyl (C=O) groups excluding carboxylic acids is 1. The van der Waals surface area contributed by atoms with Crippen LogP contribution in [0.4, 0.5) is 5.82 Å². The van der Waals surface area contributed by atoms with Gasteiger partial charge in [0.2, 0.25) is 11.0 Å². The molecule has 1 amide bonds. The molecule has 1 N–H and O–H groups in total. The van der Waals surface area contributed by atoms with Crippen LogP contribution in [0.25, 0.3) is 15.3 Å². The molecular formula is C22H22N4O3S. The number of hydrogen-bond acceptors (Lipinski definition) is 6. The predicted octanol–water partition coefficient (Wildman–Crippen LogP) is 4.30. The molecular weight excluding hydrogens is 400 g/mol. The second kappa shape index (κ2) is 8.16. The first kappa shape index (κ1) is 19.9. The van der Waals surface area contributed by atoms with Crippen LogP contribution in [0.2, 0.25) is 0 Å². The van der Waals surface area contributed by atoms with E-state index in [1.807, 2.05) is 56.3 Å². The Balaban J connectivity index is 1.57. The fourth-order valence-corrected chi connectivity index (χ4v) is 4.18. The molecule has 0 atom stereocenters. The van der Waals surface area contributed by atoms with Gasteiger partial charge in [-0.1, -0.05) is 23.5 Å². The van der Waals surface area contributed by atoms with Gasteiger partial charge < -0.3 is 14.8 Å². The van der Waals surface area contributed by atoms with Gasteiger partial charge in [0.25, 0.3) is 0 Å². The summed E-state index contributed by atoms with van der Waals surface area (Å²) in [5.41, 5.74) is 3.53. The Hall–Kier alpha value is -3.39. The van der Waals surface area contributed by atoms with Gasteiger partial charge in [0.05, 0.1) is 36.6 Å². The molecule has 0 unspecified atom stereocenters. The number of thiazole rings is 1. The minimum atomic E-state index is -0.122. The second-order valence-corrected chi connectivity index (χ2v) is 7.95. The summed E-state index contributed by atoms with van der Waals surface area (Å²) in [6, 6.07) is 13.3. The van der Waals surface area contributed by atoms with Crippen LogP contribution in [0.3, 0.4) is 0 Å². The van der Waals surface area contributed by atoms with E-state index in [1.165, 1.54) is 11.3 Å². The predicted molar refractivity (Wildman–Crippen MR) is 118 cm³/mol. The van der Waals surface area contributed by atoms with E-state index in [-0.39, 0.29) is 12.3 Å². The molecule has 8 heteroatoms. The highest BCUT2D eigenvalue weighted by Crippen LogP contribution is 2.29. The van der Waals surface area contributed by atoms with Crippen molar-refractivity contribution in [3.05, 3.63) is 59.3 Å². The van der Waals surface area contributed by atoms with Crippen molar-refractivity contribution in [1.29, 1.82) is 0 Å². The lowest BCUT2D eigenvalue weighted by atomic mass is 10.1. The van der Waals surface area contributed by atoms with Gasteiger partial charge in [-0.05, 0) is 43.2 Å². The third kappa shape index (κ3) is 3.99. The van der Waals surface area contributed by atoms with Crippen LogP contribution in [0.1, 0.15) is 16.8 Å². The zero-order valence-corrected chi connectivity index (χ0v) is 18.0. The fourth-order valence-electron chi connectivity index (χ4n) is 3.27. The Morgan fingerprint density at radius 1 is 1.10 bits per heavy atom. The van der Waals surface area contributed by atoms with Gasteiger partial charge in [0.15, 0.2) is 0 Å². The smallest absolute Gasteiger partial charge is 0.229 e. The van der Waals surface area contributed by atoms with Gasteiger partial charge in [-0.15, -0.1) is 0 Å². The normalized spacial score (nSPS) is 10.9. The highest BCUT2D eigenvalue weighted by Gasteiger charge is 2.15. The fraction of sp³-hybridized carbons (Fsp3) is 0.227. The molecule has 0 saturated heterocycles. The highest BCUT2D eigenvalue weighted by molar-refractivity contribution is 7.20. The van der Waals surface area contributed by atoms with Gasteiger partial charge >= 0.3 is 0 Å². The zero-order chi connectivity index (χ0) is 21.3. The number of fused-ring (bicyclic) bond motifs is 1. The van der Waals surface area contributed by atoms with E-state index in [0.29, 0.717) is 10.9 Å². The van der Waals surface area contributed by atoms with Gasteiger partial charge in [0.1, 0.15) is 17.3 Å². The number of rotatable bonds is 6. The van der Waals surface area contributed by atoms with E-state index in [0.717, 1.165) is 38.5 Å². The lowest BCUT2D eigenvalue weighted by Gasteiger charge is -2.09. The van der Waals surface area contributed by atoms with Crippen molar-refractivity contribution >= 4 is 33.3 Å². The van der Waals surface area contributed by atoms with Crippen molar-refractivity contribution in [2.75, 3.05) is 19.5 Å². The largest absolute Gasteiger partial charge is 0.497 e. The minimum absolute atomic E-state index is 0.122. The number of hydrogen-bond donors (Lipinski definition) is 1. The molecule has 0 saturated carbocycles. The van der Waals surface area contributed by atoms with Crippen LogP contribution in [-0.2, 0) is 11.2 Å². The summed E-state index contributed by atoms with van der Waals surface area (Å²) in [4.78, 5) is 17.3. The number of aromatic nitrogens is 3. The van der Waals surface area contributed by atoms with Crippen LogP contribution < -0.4 is 14.8 Å². The summed E-state index contributed by atoms with van der Waals surface area (Å²) in [6.07, 6.45) is 0.256. The van der Waals surface area contributed by atoms with Gasteiger partial charge in [-0.25, -0.2) is 4.98 Å². The first-order chi connectivity index (χ1) is 14.5. The molecule has 0 aliphatic carbocycles. The van der Waals surface area contributed by atoms with E-state index >= 15 is 0 Å². The summed E-state index contributed by atoms with van der Waals surface area (Å²) in [7, 11) is 3.26. The Kier molecular flexibility index (Phi) is 5.41. The summed E-state index contributed by atoms with van der Waals surface area (Å²) in [5.74, 6) is 2.02. The number of nitrogens with zero attached hydrogens (tertiary/aromatic N) is 3. The monoisotopic (exact) mass is 422 g/mol. The van der Waals surface area contributed by atoms with Crippen molar-refractivity contribution in [2.45, 2.75) is 20.3 Å². The Labute approximate surface area is 178 Å². The SMILES string of the molecule is COc1ccc2sc(-n3nc(C)cc3NC(=O)Cc3ccc(OC)c(C)c3)nc2c1. The quantitative estimate of drug-likeness (QED) is 0.501. The molecule has 30 heavy (non-hydrogen) atoms. The van der Waals surface area contributed by atoms with E-state index in [2.05, 4.69) is 15.4 Å². The number of carbonyl (C=O) groups is 1. The van der Waals surface area contributed by atoms with Crippen molar-refractivity contribution < 1.29 is 14.3 Å². The van der Waals surface area contributed by atoms with Crippen molar-refractivity contribution in [1.82, 2.24) is 14.8 Å². The van der Waals surface area contributed by atoms with Crippen molar-refractivity contribution in [3.8, 4) is 16.6 Å². The summed E-state index contributed by atoms with van der Waals surface area (Å²) in [5, 5.41) is 8.17. The lowest BCUT2D eigenvalue weighted by Crippen LogP contribution is -2.17. The maximum absolute atomic E-state index is 12.7. The summed E-state index contributed by atoms with van der Waals surface area (Å²) >= 11 is 1.50. The van der Waals surface area contributed by atoms with E-state index in [1.54, 1.807) is 18.9 Å². The molecule has 2 heterocycles. The molecule has 0 fully saturated rings. The third-order valence-corrected chi connectivity index (χ3v) is 5.70. The lowest BCUT2D eigenvalue weighted by molar-refractivity contribution is -0.115. The number of ether oxygens (including phenoxy) is 2. The summed E-state index contributed by atoms with van der Waals surface area (Å²) < 4.78 is 13.2. The molecule has 4 rings (SSSR count). The molecule has 2 aromatic carbocycles. The zero-order valence-electron chi connectivity index (χ0n) is 17.2. The molecule has 4 aromatic rings. The molecule has 0 aliphatic heterocycles. The number of anilines is 1. The first-order valence-electron chi connectivity index (χ1n) is 9.42. The maximum atomic E-state index is 12.7. The Morgan fingerprint density at radius 3 is 2.67 bits per heavy atom. The first-order valence-corrected chi connectivity index (χ1v) is 10.2. The van der Waals surface area contributed by atoms with Crippen LogP contribution in [0, 0.1) is 13.8 Å². The number of amides is 1. The number of methoxy groups -OCH3 is 2. The maximum Gasteiger partial charge on any atom is 0.229 e. The topological polar surface area (TPSA) is 78.3 Å². The van der Waals surface area contributed by atoms with Crippen LogP contribution >= 0.6 is 11.3 Å². The Bertz CT molecular complexity index is 1230. The van der Waals surface area contributed by atoms with E-state index < -0.39 is 0 Å². The van der Waals surface area contributed by atoms with Gasteiger partial charge in [-0.3, -0.25) is 4.79 Å². The number of nitrogens with one attached hydrogen (secondary N) is 1. The molecule has 154 valence electrons. The van der Waals surface area contributed by atoms with Crippen LogP contribution in [0.15, 0.2) is 42.5 Å². The highest BCUT2D eigenvalue weighted by atomic mass is 32.1. The van der Waals surface area contributed by atoms with Crippen molar-refractivity contribution in [3.63, 3.8) is 0 Å². The summed E-state index contributed by atoms with van der Waals surface area (Å²) in [6.45, 7) is 3.84. The number of benzene rings is 2. The van der Waals surface area contributed by atoms with Crippen LogP contribution in [0.5, 0.6) is 11.5 Å². The van der Waals surface area contributed by atoms with Crippen LogP contribution in [-0.4, -0.2) is 34.9 Å². The minimum Gasteiger partial charge on any atom is -0.497 e. The van der Waals surface area contributed by atoms with E-state index in [4.69, 9.17) is 9.47 Å². The average molecular weight is 423 g/mol. The van der Waals surface area contributed by atoms with Gasteiger partial charge in [0, 0.05) is 12.1 Å². The van der Waals surface area contributed by atoms with E-state index in [9.17, 15) is 4.79 Å². The van der Waals surface area contributed by atoms with Gasteiger partial charge in [-0.2, -0.15) is 9.78 Å². The molecule has 7 nitrogen and oxygen atoms in total. The second-order valence-electron chi connectivity index (χ2n) is 6.94.